The number of carbonyl (C=O) groups excluding carboxylic acids is 1. The highest BCUT2D eigenvalue weighted by Gasteiger charge is 2.46. The van der Waals surface area contributed by atoms with Crippen LogP contribution in [0.1, 0.15) is 0 Å². The van der Waals surface area contributed by atoms with Gasteiger partial charge in [0.15, 0.2) is 0 Å². The summed E-state index contributed by atoms with van der Waals surface area (Å²) in [6.45, 7) is 3.94. The van der Waals surface area contributed by atoms with E-state index in [0.29, 0.717) is 0 Å². The lowest BCUT2D eigenvalue weighted by molar-refractivity contribution is -0.141. The normalized spacial score (nSPS) is 23.7. The van der Waals surface area contributed by atoms with E-state index in [1.165, 1.54) is 11.1 Å². The largest absolute Gasteiger partial charge is 0.481 e. The Bertz CT molecular complexity index is 511. The number of rotatable bonds is 3. The first-order chi connectivity index (χ1) is 8.51. The molecule has 0 radical (unpaired) electrons. The van der Waals surface area contributed by atoms with Gasteiger partial charge in [0.25, 0.3) is 5.91 Å². The highest BCUT2D eigenvalue weighted by atomic mass is 35.5. The molecule has 1 saturated heterocycles. The van der Waals surface area contributed by atoms with E-state index >= 15 is 0 Å². The monoisotopic (exact) mass is 284 g/mol. The van der Waals surface area contributed by atoms with Crippen LogP contribution in [-0.4, -0.2) is 46.1 Å². The van der Waals surface area contributed by atoms with Crippen molar-refractivity contribution in [2.45, 2.75) is 6.04 Å². The summed E-state index contributed by atoms with van der Waals surface area (Å²) in [7, 11) is 0. The molecule has 102 valence electrons. The summed E-state index contributed by atoms with van der Waals surface area (Å²) in [5.74, 6) is -2.62. The van der Waals surface area contributed by atoms with Crippen LogP contribution in [0.15, 0.2) is 23.9 Å². The number of nitrogens with two attached hydrogens (primary N) is 1. The molecule has 0 spiro atoms. The topological polar surface area (TPSA) is 111 Å². The third-order valence-electron chi connectivity index (χ3n) is 3.03. The minimum absolute atomic E-state index is 0. The van der Waals surface area contributed by atoms with Crippen LogP contribution >= 0.6 is 12.4 Å². The first-order valence-corrected chi connectivity index (χ1v) is 5.34. The van der Waals surface area contributed by atoms with Crippen LogP contribution in [0.25, 0.3) is 0 Å². The van der Waals surface area contributed by atoms with Gasteiger partial charge in [0.2, 0.25) is 0 Å². The molecular formula is C11H13ClN4O3. The first kappa shape index (κ1) is 15.2. The zero-order valence-corrected chi connectivity index (χ0v) is 10.8. The van der Waals surface area contributed by atoms with E-state index in [1.807, 2.05) is 6.07 Å². The molecule has 1 amide bonds. The number of carboxylic acid groups (broad SMARTS) is 1. The molecule has 0 saturated carbocycles. The molecule has 1 unspecified atom stereocenters. The molecule has 3 N–H and O–H groups in total. The maximum Gasteiger partial charge on any atom is 0.316 e. The predicted octanol–water partition coefficient (Wildman–Crippen LogP) is -0.527. The number of halogens is 1. The van der Waals surface area contributed by atoms with Crippen molar-refractivity contribution >= 4 is 24.3 Å². The highest BCUT2D eigenvalue weighted by molar-refractivity contribution is 5.88. The zero-order chi connectivity index (χ0) is 13.4. The molecule has 0 aromatic rings. The van der Waals surface area contributed by atoms with E-state index in [-0.39, 0.29) is 42.7 Å². The number of hydrazine groups is 1. The Morgan fingerprint density at radius 2 is 2.32 bits per heavy atom. The number of carbonyl (C=O) groups is 2. The number of hydrogen-bond acceptors (Lipinski definition) is 5. The van der Waals surface area contributed by atoms with Crippen LogP contribution in [0.4, 0.5) is 0 Å². The van der Waals surface area contributed by atoms with Gasteiger partial charge in [0.1, 0.15) is 12.0 Å². The average Bonchev–Trinajstić information content (AvgIpc) is 2.79. The van der Waals surface area contributed by atoms with Crippen molar-refractivity contribution in [2.24, 2.45) is 11.7 Å². The average molecular weight is 285 g/mol. The third-order valence-corrected chi connectivity index (χ3v) is 3.03. The Hall–Kier alpha value is -1.88. The van der Waals surface area contributed by atoms with Gasteiger partial charge >= 0.3 is 5.97 Å². The number of amides is 1. The van der Waals surface area contributed by atoms with E-state index in [9.17, 15) is 9.59 Å². The second-order valence-electron chi connectivity index (χ2n) is 4.13. The van der Waals surface area contributed by atoms with Gasteiger partial charge in [-0.1, -0.05) is 6.08 Å². The van der Waals surface area contributed by atoms with Crippen LogP contribution in [0, 0.1) is 17.2 Å². The SMILES string of the molecule is C=CC(C(=O)O)C1=C(C#N)CN2C[C@H](N)C(=O)N12.Cl. The zero-order valence-electron chi connectivity index (χ0n) is 9.94. The van der Waals surface area contributed by atoms with Crippen molar-refractivity contribution in [2.75, 3.05) is 13.1 Å². The molecule has 2 aliphatic rings. The van der Waals surface area contributed by atoms with Gasteiger partial charge in [-0.2, -0.15) is 5.26 Å². The van der Waals surface area contributed by atoms with E-state index < -0.39 is 17.9 Å². The summed E-state index contributed by atoms with van der Waals surface area (Å²) in [6.07, 6.45) is 1.20. The Balaban J connectivity index is 0.00000180. The number of aliphatic carboxylic acids is 1. The molecule has 7 nitrogen and oxygen atoms in total. The fourth-order valence-corrected chi connectivity index (χ4v) is 2.22. The second-order valence-corrected chi connectivity index (χ2v) is 4.13. The summed E-state index contributed by atoms with van der Waals surface area (Å²) < 4.78 is 0. The van der Waals surface area contributed by atoms with Crippen molar-refractivity contribution in [1.82, 2.24) is 10.0 Å². The van der Waals surface area contributed by atoms with Gasteiger partial charge < -0.3 is 10.8 Å². The molecule has 0 aliphatic carbocycles. The van der Waals surface area contributed by atoms with Gasteiger partial charge in [-0.3, -0.25) is 9.59 Å². The first-order valence-electron chi connectivity index (χ1n) is 5.34. The smallest absolute Gasteiger partial charge is 0.316 e. The van der Waals surface area contributed by atoms with E-state index in [4.69, 9.17) is 16.1 Å². The molecular weight excluding hydrogens is 272 g/mol. The molecule has 0 aromatic carbocycles. The summed E-state index contributed by atoms with van der Waals surface area (Å²) in [6, 6.07) is 1.26. The number of fused-ring (bicyclic) bond motifs is 1. The van der Waals surface area contributed by atoms with Crippen LogP contribution in [0.2, 0.25) is 0 Å². The van der Waals surface area contributed by atoms with Crippen molar-refractivity contribution in [1.29, 1.82) is 5.26 Å². The highest BCUT2D eigenvalue weighted by Crippen LogP contribution is 2.33. The van der Waals surface area contributed by atoms with Crippen LogP contribution in [0.5, 0.6) is 0 Å². The van der Waals surface area contributed by atoms with Gasteiger partial charge in [-0.15, -0.1) is 19.0 Å². The van der Waals surface area contributed by atoms with Crippen molar-refractivity contribution in [3.8, 4) is 6.07 Å². The summed E-state index contributed by atoms with van der Waals surface area (Å²) in [5.41, 5.74) is 6.05. The lowest BCUT2D eigenvalue weighted by atomic mass is 10.0. The second kappa shape index (κ2) is 5.40. The van der Waals surface area contributed by atoms with Crippen molar-refractivity contribution < 1.29 is 14.7 Å². The van der Waals surface area contributed by atoms with E-state index in [2.05, 4.69) is 6.58 Å². The number of carboxylic acids is 1. The summed E-state index contributed by atoms with van der Waals surface area (Å²) in [4.78, 5) is 23.0. The van der Waals surface area contributed by atoms with Gasteiger partial charge in [0, 0.05) is 6.54 Å². The van der Waals surface area contributed by atoms with E-state index in [1.54, 1.807) is 5.01 Å². The molecule has 19 heavy (non-hydrogen) atoms. The van der Waals surface area contributed by atoms with E-state index in [0.717, 1.165) is 0 Å². The number of nitriles is 1. The molecule has 2 rings (SSSR count). The summed E-state index contributed by atoms with van der Waals surface area (Å²) in [5, 5.41) is 21.0. The fraction of sp³-hybridized carbons (Fsp3) is 0.364. The molecule has 8 heteroatoms. The molecule has 0 bridgehead atoms. The maximum atomic E-state index is 11.9. The molecule has 1 fully saturated rings. The Morgan fingerprint density at radius 3 is 2.79 bits per heavy atom. The minimum Gasteiger partial charge on any atom is -0.481 e. The quantitative estimate of drug-likeness (QED) is 0.674. The fourth-order valence-electron chi connectivity index (χ4n) is 2.22. The van der Waals surface area contributed by atoms with Crippen molar-refractivity contribution in [3.05, 3.63) is 23.9 Å². The van der Waals surface area contributed by atoms with Gasteiger partial charge in [-0.25, -0.2) is 10.0 Å². The Labute approximate surface area is 115 Å². The van der Waals surface area contributed by atoms with Gasteiger partial charge in [-0.05, 0) is 0 Å². The molecule has 2 atom stereocenters. The van der Waals surface area contributed by atoms with Crippen LogP contribution in [0.3, 0.4) is 0 Å². The Kier molecular flexibility index (Phi) is 4.32. The predicted molar refractivity (Wildman–Crippen MR) is 67.6 cm³/mol. The van der Waals surface area contributed by atoms with Gasteiger partial charge in [0.05, 0.1) is 23.9 Å². The minimum atomic E-state index is -1.15. The lowest BCUT2D eigenvalue weighted by Crippen LogP contribution is -2.38. The summed E-state index contributed by atoms with van der Waals surface area (Å²) >= 11 is 0. The number of hydrogen-bond donors (Lipinski definition) is 2. The van der Waals surface area contributed by atoms with Crippen LogP contribution < -0.4 is 5.73 Å². The van der Waals surface area contributed by atoms with Crippen molar-refractivity contribution in [3.63, 3.8) is 0 Å². The maximum absolute atomic E-state index is 11.9. The standard InChI is InChI=1S/C11H12N4O3.ClH/c1-2-7(11(17)18)9-6(3-12)4-14-5-8(13)10(16)15(9)14;/h2,7-8H,1,4-5,13H2,(H,17,18);1H/t7?,8-;/m0./s1. The molecule has 2 heterocycles. The Morgan fingerprint density at radius 1 is 1.68 bits per heavy atom. The molecule has 0 aromatic heterocycles. The molecule has 2 aliphatic heterocycles. The lowest BCUT2D eigenvalue weighted by Gasteiger charge is -2.23. The van der Waals surface area contributed by atoms with Crippen LogP contribution in [-0.2, 0) is 9.59 Å². The third kappa shape index (κ3) is 2.21. The number of nitrogens with zero attached hydrogens (tertiary/aromatic N) is 3.